The van der Waals surface area contributed by atoms with Crippen molar-refractivity contribution in [3.63, 3.8) is 0 Å². The number of nitrogens with zero attached hydrogens (tertiary/aromatic N) is 2. The van der Waals surface area contributed by atoms with E-state index in [1.54, 1.807) is 30.7 Å². The maximum atomic E-state index is 13.7. The summed E-state index contributed by atoms with van der Waals surface area (Å²) >= 11 is 0. The van der Waals surface area contributed by atoms with Crippen molar-refractivity contribution in [3.05, 3.63) is 71.3 Å². The van der Waals surface area contributed by atoms with Crippen molar-refractivity contribution in [2.45, 2.75) is 57.8 Å². The summed E-state index contributed by atoms with van der Waals surface area (Å²) in [6.07, 6.45) is 1.60. The van der Waals surface area contributed by atoms with Crippen LogP contribution < -0.4 is 0 Å². The Bertz CT molecular complexity index is 994. The molecule has 1 unspecified atom stereocenters. The average molecular weight is 467 g/mol. The molecule has 0 saturated carbocycles. The van der Waals surface area contributed by atoms with Gasteiger partial charge in [-0.2, -0.15) is 0 Å². The molecular weight excluding hydrogens is 432 g/mol. The summed E-state index contributed by atoms with van der Waals surface area (Å²) in [5.41, 5.74) is 3.16. The van der Waals surface area contributed by atoms with Crippen LogP contribution in [0.4, 0.5) is 0 Å². The molecule has 1 amide bonds. The van der Waals surface area contributed by atoms with Gasteiger partial charge in [0.2, 0.25) is 5.91 Å². The van der Waals surface area contributed by atoms with E-state index in [4.69, 9.17) is 9.47 Å². The van der Waals surface area contributed by atoms with Crippen LogP contribution in [-0.4, -0.2) is 66.5 Å². The van der Waals surface area contributed by atoms with Crippen LogP contribution >= 0.6 is 0 Å². The van der Waals surface area contributed by atoms with E-state index in [0.717, 1.165) is 16.7 Å². The van der Waals surface area contributed by atoms with E-state index >= 15 is 0 Å². The number of benzene rings is 2. The lowest BCUT2D eigenvalue weighted by Crippen LogP contribution is -2.57. The minimum Gasteiger partial charge on any atom is -0.467 e. The number of carbonyl (C=O) groups is 3. The standard InChI is InChI=1S/C27H34N2O5/c1-5-34-27(32)23(16-15-20-11-7-6-8-12-20)28(3)19(2)25(30)29-18-22-14-10-9-13-21(22)17-24(29)26(31)33-4/h6-14,19,23-24H,5,15-18H2,1-4H3/t19-,23-,24?/m0/s1. The fourth-order valence-corrected chi connectivity index (χ4v) is 4.46. The maximum absolute atomic E-state index is 13.7. The van der Waals surface area contributed by atoms with Gasteiger partial charge in [0.25, 0.3) is 0 Å². The van der Waals surface area contributed by atoms with Crippen LogP contribution in [0.15, 0.2) is 54.6 Å². The zero-order chi connectivity index (χ0) is 24.7. The minimum atomic E-state index is -0.700. The number of methoxy groups -OCH3 is 1. The van der Waals surface area contributed by atoms with Gasteiger partial charge in [-0.15, -0.1) is 0 Å². The Morgan fingerprint density at radius 1 is 1.06 bits per heavy atom. The highest BCUT2D eigenvalue weighted by molar-refractivity contribution is 5.88. The lowest BCUT2D eigenvalue weighted by molar-refractivity contribution is -0.158. The molecule has 182 valence electrons. The number of rotatable bonds is 9. The van der Waals surface area contributed by atoms with Crippen LogP contribution in [0.1, 0.15) is 37.0 Å². The Labute approximate surface area is 201 Å². The quantitative estimate of drug-likeness (QED) is 0.529. The molecular formula is C27H34N2O5. The van der Waals surface area contributed by atoms with Gasteiger partial charge in [-0.05, 0) is 50.4 Å². The van der Waals surface area contributed by atoms with Gasteiger partial charge in [-0.1, -0.05) is 54.6 Å². The SMILES string of the molecule is CCOC(=O)[C@H](CCc1ccccc1)N(C)[C@@H](C)C(=O)N1Cc2ccccc2CC1C(=O)OC. The van der Waals surface area contributed by atoms with Crippen LogP contribution in [0, 0.1) is 0 Å². The lowest BCUT2D eigenvalue weighted by Gasteiger charge is -2.39. The van der Waals surface area contributed by atoms with E-state index < -0.39 is 24.1 Å². The Hall–Kier alpha value is -3.19. The normalized spacial score (nSPS) is 17.0. The number of likely N-dealkylation sites (N-methyl/N-ethyl adjacent to an activating group) is 1. The van der Waals surface area contributed by atoms with Crippen LogP contribution in [0.3, 0.4) is 0 Å². The van der Waals surface area contributed by atoms with E-state index in [1.165, 1.54) is 7.11 Å². The molecule has 7 nitrogen and oxygen atoms in total. The van der Waals surface area contributed by atoms with Crippen molar-refractivity contribution >= 4 is 17.8 Å². The molecule has 34 heavy (non-hydrogen) atoms. The summed E-state index contributed by atoms with van der Waals surface area (Å²) in [6.45, 7) is 4.13. The van der Waals surface area contributed by atoms with E-state index in [9.17, 15) is 14.4 Å². The number of hydrogen-bond donors (Lipinski definition) is 0. The van der Waals surface area contributed by atoms with Crippen LogP contribution in [-0.2, 0) is 43.2 Å². The molecule has 0 saturated heterocycles. The molecule has 1 aliphatic heterocycles. The summed E-state index contributed by atoms with van der Waals surface area (Å²) in [6, 6.07) is 15.8. The average Bonchev–Trinajstić information content (AvgIpc) is 2.87. The molecule has 1 aliphatic rings. The van der Waals surface area contributed by atoms with Gasteiger partial charge in [0, 0.05) is 13.0 Å². The van der Waals surface area contributed by atoms with Crippen molar-refractivity contribution in [1.29, 1.82) is 0 Å². The van der Waals surface area contributed by atoms with Gasteiger partial charge >= 0.3 is 11.9 Å². The third-order valence-electron chi connectivity index (χ3n) is 6.57. The predicted octanol–water partition coefficient (Wildman–Crippen LogP) is 3.00. The van der Waals surface area contributed by atoms with Gasteiger partial charge in [0.05, 0.1) is 19.8 Å². The summed E-state index contributed by atoms with van der Waals surface area (Å²) < 4.78 is 10.3. The van der Waals surface area contributed by atoms with Crippen molar-refractivity contribution in [3.8, 4) is 0 Å². The van der Waals surface area contributed by atoms with Crippen molar-refractivity contribution in [2.24, 2.45) is 0 Å². The maximum Gasteiger partial charge on any atom is 0.328 e. The van der Waals surface area contributed by atoms with Crippen molar-refractivity contribution in [1.82, 2.24) is 9.80 Å². The number of amides is 1. The van der Waals surface area contributed by atoms with Gasteiger partial charge in [0.15, 0.2) is 0 Å². The van der Waals surface area contributed by atoms with Crippen LogP contribution in [0.25, 0.3) is 0 Å². The molecule has 0 fully saturated rings. The lowest BCUT2D eigenvalue weighted by atomic mass is 9.93. The number of ether oxygens (including phenoxy) is 2. The van der Waals surface area contributed by atoms with Crippen LogP contribution in [0.5, 0.6) is 0 Å². The molecule has 2 aromatic carbocycles. The second-order valence-corrected chi connectivity index (χ2v) is 8.61. The van der Waals surface area contributed by atoms with Gasteiger partial charge in [-0.25, -0.2) is 4.79 Å². The van der Waals surface area contributed by atoms with E-state index in [2.05, 4.69) is 0 Å². The molecule has 0 spiro atoms. The fraction of sp³-hybridized carbons (Fsp3) is 0.444. The zero-order valence-electron chi connectivity index (χ0n) is 20.4. The highest BCUT2D eigenvalue weighted by Gasteiger charge is 2.39. The predicted molar refractivity (Wildman–Crippen MR) is 129 cm³/mol. The molecule has 0 aromatic heterocycles. The number of esters is 2. The smallest absolute Gasteiger partial charge is 0.328 e. The van der Waals surface area contributed by atoms with Gasteiger partial charge in [0.1, 0.15) is 12.1 Å². The Morgan fingerprint density at radius 3 is 2.35 bits per heavy atom. The van der Waals surface area contributed by atoms with E-state index in [1.807, 2.05) is 54.6 Å². The Kier molecular flexibility index (Phi) is 8.82. The van der Waals surface area contributed by atoms with E-state index in [-0.39, 0.29) is 18.5 Å². The molecule has 0 bridgehead atoms. The fourth-order valence-electron chi connectivity index (χ4n) is 4.46. The summed E-state index contributed by atoms with van der Waals surface area (Å²) in [5, 5.41) is 0. The molecule has 0 N–H and O–H groups in total. The monoisotopic (exact) mass is 466 g/mol. The minimum absolute atomic E-state index is 0.221. The summed E-state index contributed by atoms with van der Waals surface area (Å²) in [4.78, 5) is 42.4. The largest absolute Gasteiger partial charge is 0.467 e. The first-order valence-electron chi connectivity index (χ1n) is 11.7. The first-order chi connectivity index (χ1) is 16.4. The van der Waals surface area contributed by atoms with Crippen LogP contribution in [0.2, 0.25) is 0 Å². The van der Waals surface area contributed by atoms with Gasteiger partial charge < -0.3 is 14.4 Å². The molecule has 7 heteroatoms. The molecule has 1 heterocycles. The molecule has 3 atom stereocenters. The third-order valence-corrected chi connectivity index (χ3v) is 6.57. The summed E-state index contributed by atoms with van der Waals surface area (Å²) in [5.74, 6) is -1.01. The van der Waals surface area contributed by atoms with Crippen molar-refractivity contribution in [2.75, 3.05) is 20.8 Å². The first kappa shape index (κ1) is 25.4. The van der Waals surface area contributed by atoms with Crippen molar-refractivity contribution < 1.29 is 23.9 Å². The molecule has 0 aliphatic carbocycles. The number of aryl methyl sites for hydroxylation is 1. The van der Waals surface area contributed by atoms with E-state index in [0.29, 0.717) is 25.8 Å². The third kappa shape index (κ3) is 5.83. The molecule has 3 rings (SSSR count). The Morgan fingerprint density at radius 2 is 1.71 bits per heavy atom. The highest BCUT2D eigenvalue weighted by atomic mass is 16.5. The molecule has 0 radical (unpaired) electrons. The first-order valence-corrected chi connectivity index (χ1v) is 11.7. The number of carbonyl (C=O) groups excluding carboxylic acids is 3. The summed E-state index contributed by atoms with van der Waals surface area (Å²) in [7, 11) is 3.10. The topological polar surface area (TPSA) is 76.2 Å². The highest BCUT2D eigenvalue weighted by Crippen LogP contribution is 2.26. The molecule has 2 aromatic rings. The second-order valence-electron chi connectivity index (χ2n) is 8.61. The number of hydrogen-bond acceptors (Lipinski definition) is 6. The Balaban J connectivity index is 1.80. The second kappa shape index (κ2) is 11.8. The zero-order valence-corrected chi connectivity index (χ0v) is 20.4. The number of fused-ring (bicyclic) bond motifs is 1. The van der Waals surface area contributed by atoms with Gasteiger partial charge in [-0.3, -0.25) is 14.5 Å².